The van der Waals surface area contributed by atoms with E-state index in [2.05, 4.69) is 39.4 Å². The van der Waals surface area contributed by atoms with Gasteiger partial charge in [0.25, 0.3) is 5.91 Å². The number of hydrogen-bond donors (Lipinski definition) is 2. The minimum absolute atomic E-state index is 0. The van der Waals surface area contributed by atoms with Crippen LogP contribution in [0.1, 0.15) is 29.8 Å². The van der Waals surface area contributed by atoms with Crippen LogP contribution in [-0.2, 0) is 0 Å². The van der Waals surface area contributed by atoms with Crippen molar-refractivity contribution in [2.75, 3.05) is 32.1 Å². The molecule has 3 heterocycles. The van der Waals surface area contributed by atoms with Gasteiger partial charge in [-0.15, -0.1) is 12.4 Å². The summed E-state index contributed by atoms with van der Waals surface area (Å²) in [7, 11) is 1.61. The summed E-state index contributed by atoms with van der Waals surface area (Å²) in [5.41, 5.74) is 1.36. The van der Waals surface area contributed by atoms with Crippen LogP contribution in [0.2, 0.25) is 0 Å². The normalized spacial score (nSPS) is 15.0. The molecular formula is C22H27ClN6O2S2. The first-order valence-corrected chi connectivity index (χ1v) is 11.9. The highest BCUT2D eigenvalue weighted by Crippen LogP contribution is 2.39. The van der Waals surface area contributed by atoms with Crippen LogP contribution in [0.3, 0.4) is 0 Å². The maximum Gasteiger partial charge on any atom is 0.258 e. The number of carbonyl (C=O) groups is 1. The smallest absolute Gasteiger partial charge is 0.258 e. The lowest BCUT2D eigenvalue weighted by Crippen LogP contribution is -2.59. The molecule has 0 unspecified atom stereocenters. The number of nitrogens with zero attached hydrogens (tertiary/aromatic N) is 4. The van der Waals surface area contributed by atoms with Crippen molar-refractivity contribution in [3.8, 4) is 5.75 Å². The number of piperazine rings is 1. The number of amides is 1. The number of ether oxygens (including phenoxy) is 1. The van der Waals surface area contributed by atoms with Gasteiger partial charge in [0.05, 0.1) is 34.8 Å². The number of nitrogens with one attached hydrogen (secondary N) is 2. The van der Waals surface area contributed by atoms with Crippen LogP contribution in [0.25, 0.3) is 0 Å². The monoisotopic (exact) mass is 506 g/mol. The standard InChI is InChI=1S/C22H26N6O2S2.ClH/c1-14-9-16(30-4)15(20(29)28-8-7-24-13-22(28,2)3)10-17(14)31-19-12-26-21(32-19)27-18-11-23-5-6-25-18;/h5-6,9-12,24H,7-8,13H2,1-4H3,(H,25,26,27);1H. The lowest BCUT2D eigenvalue weighted by atomic mass is 9.98. The lowest BCUT2D eigenvalue weighted by molar-refractivity contribution is 0.0474. The van der Waals surface area contributed by atoms with Gasteiger partial charge in [-0.3, -0.25) is 9.78 Å². The Hall–Kier alpha value is -2.40. The molecule has 1 saturated heterocycles. The number of aromatic nitrogens is 3. The van der Waals surface area contributed by atoms with Crippen molar-refractivity contribution in [3.05, 3.63) is 48.0 Å². The van der Waals surface area contributed by atoms with Gasteiger partial charge >= 0.3 is 0 Å². The van der Waals surface area contributed by atoms with E-state index in [4.69, 9.17) is 4.74 Å². The molecule has 0 saturated carbocycles. The number of aryl methyl sites for hydroxylation is 1. The van der Waals surface area contributed by atoms with Crippen LogP contribution in [0.4, 0.5) is 10.9 Å². The summed E-state index contributed by atoms with van der Waals surface area (Å²) in [6.45, 7) is 8.39. The first kappa shape index (κ1) is 25.2. The van der Waals surface area contributed by atoms with Crippen molar-refractivity contribution < 1.29 is 9.53 Å². The Labute approximate surface area is 208 Å². The zero-order valence-electron chi connectivity index (χ0n) is 18.9. The molecule has 0 atom stereocenters. The zero-order chi connectivity index (χ0) is 22.7. The number of hydrogen-bond acceptors (Lipinski definition) is 9. The van der Waals surface area contributed by atoms with E-state index in [1.807, 2.05) is 30.2 Å². The summed E-state index contributed by atoms with van der Waals surface area (Å²) < 4.78 is 6.58. The summed E-state index contributed by atoms with van der Waals surface area (Å²) in [4.78, 5) is 29.1. The van der Waals surface area contributed by atoms with Gasteiger partial charge < -0.3 is 20.3 Å². The van der Waals surface area contributed by atoms with Gasteiger partial charge in [0, 0.05) is 36.9 Å². The summed E-state index contributed by atoms with van der Waals surface area (Å²) in [6.07, 6.45) is 6.72. The Bertz CT molecular complexity index is 1110. The summed E-state index contributed by atoms with van der Waals surface area (Å²) >= 11 is 3.11. The molecule has 0 bridgehead atoms. The Morgan fingerprint density at radius 3 is 2.79 bits per heavy atom. The Kier molecular flexibility index (Phi) is 8.17. The maximum absolute atomic E-state index is 13.5. The number of carbonyl (C=O) groups excluding carboxylic acids is 1. The predicted octanol–water partition coefficient (Wildman–Crippen LogP) is 4.39. The number of halogens is 1. The van der Waals surface area contributed by atoms with Crippen LogP contribution in [0, 0.1) is 6.92 Å². The maximum atomic E-state index is 13.5. The summed E-state index contributed by atoms with van der Waals surface area (Å²) in [5.74, 6) is 1.23. The van der Waals surface area contributed by atoms with Gasteiger partial charge in [0.2, 0.25) is 0 Å². The molecule has 4 rings (SSSR count). The SMILES string of the molecule is COc1cc(C)c(Sc2cnc(Nc3cnccn3)s2)cc1C(=O)N1CCNCC1(C)C.Cl. The van der Waals surface area contributed by atoms with Crippen molar-refractivity contribution >= 4 is 52.4 Å². The highest BCUT2D eigenvalue weighted by Gasteiger charge is 2.35. The van der Waals surface area contributed by atoms with E-state index in [9.17, 15) is 4.79 Å². The van der Waals surface area contributed by atoms with Gasteiger partial charge in [-0.25, -0.2) is 9.97 Å². The Morgan fingerprint density at radius 1 is 1.27 bits per heavy atom. The van der Waals surface area contributed by atoms with E-state index in [1.165, 1.54) is 11.3 Å². The first-order valence-electron chi connectivity index (χ1n) is 10.3. The minimum atomic E-state index is -0.267. The van der Waals surface area contributed by atoms with E-state index in [0.29, 0.717) is 23.7 Å². The third kappa shape index (κ3) is 5.75. The van der Waals surface area contributed by atoms with E-state index >= 15 is 0 Å². The highest BCUT2D eigenvalue weighted by molar-refractivity contribution is 8.01. The Balaban J connectivity index is 0.00000306. The van der Waals surface area contributed by atoms with Crippen LogP contribution in [-0.4, -0.2) is 58.0 Å². The van der Waals surface area contributed by atoms with E-state index in [-0.39, 0.29) is 23.9 Å². The second-order valence-corrected chi connectivity index (χ2v) is 10.4. The molecule has 11 heteroatoms. The topological polar surface area (TPSA) is 92.3 Å². The van der Waals surface area contributed by atoms with Gasteiger partial charge in [-0.1, -0.05) is 23.1 Å². The summed E-state index contributed by atoms with van der Waals surface area (Å²) in [5, 5.41) is 7.26. The average molecular weight is 507 g/mol. The Morgan fingerprint density at radius 2 is 2.09 bits per heavy atom. The van der Waals surface area contributed by atoms with Gasteiger partial charge in [0.1, 0.15) is 5.75 Å². The van der Waals surface area contributed by atoms with Crippen LogP contribution in [0.15, 0.2) is 46.0 Å². The third-order valence-electron chi connectivity index (χ3n) is 5.27. The van der Waals surface area contributed by atoms with Crippen LogP contribution in [0.5, 0.6) is 5.75 Å². The molecule has 1 aromatic carbocycles. The molecule has 2 N–H and O–H groups in total. The second-order valence-electron chi connectivity index (χ2n) is 8.07. The number of benzene rings is 1. The molecule has 3 aromatic rings. The molecule has 176 valence electrons. The zero-order valence-corrected chi connectivity index (χ0v) is 21.4. The fraction of sp³-hybridized carbons (Fsp3) is 0.364. The molecule has 33 heavy (non-hydrogen) atoms. The van der Waals surface area contributed by atoms with E-state index in [1.54, 1.807) is 37.5 Å². The number of anilines is 2. The first-order chi connectivity index (χ1) is 15.4. The van der Waals surface area contributed by atoms with Gasteiger partial charge in [0.15, 0.2) is 10.9 Å². The average Bonchev–Trinajstić information content (AvgIpc) is 3.21. The van der Waals surface area contributed by atoms with E-state index < -0.39 is 0 Å². The van der Waals surface area contributed by atoms with Crippen molar-refractivity contribution in [1.82, 2.24) is 25.2 Å². The van der Waals surface area contributed by atoms with Crippen LogP contribution >= 0.6 is 35.5 Å². The molecule has 2 aromatic heterocycles. The quantitative estimate of drug-likeness (QED) is 0.508. The molecular weight excluding hydrogens is 480 g/mol. The summed E-state index contributed by atoms with van der Waals surface area (Å²) in [6, 6.07) is 3.87. The van der Waals surface area contributed by atoms with Crippen molar-refractivity contribution in [3.63, 3.8) is 0 Å². The minimum Gasteiger partial charge on any atom is -0.496 e. The van der Waals surface area contributed by atoms with Gasteiger partial charge in [-0.05, 0) is 38.5 Å². The highest BCUT2D eigenvalue weighted by atomic mass is 35.5. The number of thiazole rings is 1. The van der Waals surface area contributed by atoms with Gasteiger partial charge in [-0.2, -0.15) is 0 Å². The van der Waals surface area contributed by atoms with Crippen LogP contribution < -0.4 is 15.4 Å². The number of rotatable bonds is 6. The number of methoxy groups -OCH3 is 1. The predicted molar refractivity (Wildman–Crippen MR) is 135 cm³/mol. The fourth-order valence-electron chi connectivity index (χ4n) is 3.56. The largest absolute Gasteiger partial charge is 0.496 e. The molecule has 1 aliphatic heterocycles. The molecule has 1 amide bonds. The van der Waals surface area contributed by atoms with Crippen molar-refractivity contribution in [1.29, 1.82) is 0 Å². The molecule has 0 radical (unpaired) electrons. The third-order valence-corrected chi connectivity index (χ3v) is 7.44. The fourth-order valence-corrected chi connectivity index (χ4v) is 5.51. The molecule has 1 fully saturated rings. The second kappa shape index (κ2) is 10.7. The lowest BCUT2D eigenvalue weighted by Gasteiger charge is -2.43. The molecule has 0 spiro atoms. The van der Waals surface area contributed by atoms with Crippen molar-refractivity contribution in [2.45, 2.75) is 35.4 Å². The van der Waals surface area contributed by atoms with Crippen molar-refractivity contribution in [2.24, 2.45) is 0 Å². The van der Waals surface area contributed by atoms with E-state index in [0.717, 1.165) is 32.9 Å². The molecule has 1 aliphatic rings. The molecule has 0 aliphatic carbocycles. The molecule has 8 nitrogen and oxygen atoms in total.